The van der Waals surface area contributed by atoms with Gasteiger partial charge in [0.05, 0.1) is 11.8 Å². The molecule has 1 atom stereocenters. The van der Waals surface area contributed by atoms with Gasteiger partial charge in [-0.15, -0.1) is 0 Å². The first kappa shape index (κ1) is 13.7. The maximum atomic E-state index is 13.6. The molecule has 3 nitrogen and oxygen atoms in total. The van der Waals surface area contributed by atoms with Gasteiger partial charge in [0.15, 0.2) is 11.6 Å². The predicted molar refractivity (Wildman–Crippen MR) is 67.6 cm³/mol. The summed E-state index contributed by atoms with van der Waals surface area (Å²) >= 11 is 0. The van der Waals surface area contributed by atoms with Crippen molar-refractivity contribution in [1.29, 1.82) is 0 Å². The van der Waals surface area contributed by atoms with E-state index >= 15 is 0 Å². The third-order valence-corrected chi connectivity index (χ3v) is 3.08. The van der Waals surface area contributed by atoms with Crippen LogP contribution in [0.1, 0.15) is 29.8 Å². The molecule has 0 fully saturated rings. The van der Waals surface area contributed by atoms with Gasteiger partial charge in [-0.2, -0.15) is 5.10 Å². The van der Waals surface area contributed by atoms with Crippen LogP contribution < -0.4 is 0 Å². The fraction of sp³-hybridized carbons (Fsp3) is 0.357. The summed E-state index contributed by atoms with van der Waals surface area (Å²) in [6, 6.07) is 3.97. The quantitative estimate of drug-likeness (QED) is 0.923. The van der Waals surface area contributed by atoms with Crippen molar-refractivity contribution in [2.24, 2.45) is 7.05 Å². The molecule has 19 heavy (non-hydrogen) atoms. The average molecular weight is 266 g/mol. The number of aromatic nitrogens is 2. The molecule has 2 rings (SSSR count). The van der Waals surface area contributed by atoms with Crippen LogP contribution in [0.5, 0.6) is 0 Å². The van der Waals surface area contributed by atoms with E-state index in [9.17, 15) is 13.9 Å². The zero-order valence-electron chi connectivity index (χ0n) is 10.9. The molecule has 0 aliphatic rings. The van der Waals surface area contributed by atoms with E-state index in [1.165, 1.54) is 12.1 Å². The fourth-order valence-corrected chi connectivity index (χ4v) is 2.13. The molecule has 1 aromatic carbocycles. The van der Waals surface area contributed by atoms with Gasteiger partial charge in [-0.05, 0) is 18.1 Å². The zero-order valence-corrected chi connectivity index (χ0v) is 10.9. The molecule has 1 N–H and O–H groups in total. The number of rotatable bonds is 4. The molecular weight excluding hydrogens is 250 g/mol. The highest BCUT2D eigenvalue weighted by Gasteiger charge is 2.18. The molecule has 0 radical (unpaired) electrons. The summed E-state index contributed by atoms with van der Waals surface area (Å²) < 4.78 is 28.3. The van der Waals surface area contributed by atoms with Crippen LogP contribution in [0.25, 0.3) is 0 Å². The van der Waals surface area contributed by atoms with Crippen molar-refractivity contribution in [1.82, 2.24) is 9.78 Å². The number of nitrogens with zero attached hydrogens (tertiary/aromatic N) is 2. The number of hydrogen-bond acceptors (Lipinski definition) is 2. The van der Waals surface area contributed by atoms with E-state index in [1.54, 1.807) is 17.9 Å². The maximum Gasteiger partial charge on any atom is 0.162 e. The van der Waals surface area contributed by atoms with Crippen LogP contribution in [-0.2, 0) is 19.9 Å². The van der Waals surface area contributed by atoms with Crippen LogP contribution >= 0.6 is 0 Å². The van der Waals surface area contributed by atoms with Gasteiger partial charge in [-0.3, -0.25) is 4.68 Å². The van der Waals surface area contributed by atoms with E-state index in [0.717, 1.165) is 11.8 Å². The first-order chi connectivity index (χ1) is 9.02. The highest BCUT2D eigenvalue weighted by molar-refractivity contribution is 5.25. The van der Waals surface area contributed by atoms with Gasteiger partial charge >= 0.3 is 0 Å². The summed E-state index contributed by atoms with van der Waals surface area (Å²) in [6.45, 7) is 1.93. The Morgan fingerprint density at radius 3 is 2.79 bits per heavy atom. The van der Waals surface area contributed by atoms with Crippen LogP contribution in [0.15, 0.2) is 24.4 Å². The number of benzene rings is 1. The zero-order chi connectivity index (χ0) is 14.0. The number of aliphatic hydroxyl groups excluding tert-OH is 1. The van der Waals surface area contributed by atoms with Crippen LogP contribution in [0.3, 0.4) is 0 Å². The molecule has 102 valence electrons. The van der Waals surface area contributed by atoms with Gasteiger partial charge in [0.1, 0.15) is 0 Å². The highest BCUT2D eigenvalue weighted by atomic mass is 19.2. The Morgan fingerprint density at radius 1 is 1.37 bits per heavy atom. The van der Waals surface area contributed by atoms with Gasteiger partial charge in [0.25, 0.3) is 0 Å². The smallest absolute Gasteiger partial charge is 0.162 e. The lowest BCUT2D eigenvalue weighted by Gasteiger charge is -2.11. The van der Waals surface area contributed by atoms with E-state index in [2.05, 4.69) is 5.10 Å². The molecule has 0 aliphatic carbocycles. The van der Waals surface area contributed by atoms with Crippen LogP contribution in [0.2, 0.25) is 0 Å². The Labute approximate surface area is 110 Å². The standard InChI is InChI=1S/C14H16F2N2O/c1-3-12-10(8-18(2)17-12)13(19)7-9-5-4-6-11(15)14(9)16/h4-6,8,13,19H,3,7H2,1-2H3. The second kappa shape index (κ2) is 5.48. The molecule has 0 spiro atoms. The number of aliphatic hydroxyl groups is 1. The van der Waals surface area contributed by atoms with Crippen molar-refractivity contribution in [3.05, 3.63) is 52.9 Å². The number of halogens is 2. The molecule has 1 aromatic heterocycles. The molecule has 0 aliphatic heterocycles. The Morgan fingerprint density at radius 2 is 2.11 bits per heavy atom. The van der Waals surface area contributed by atoms with E-state index < -0.39 is 17.7 Å². The summed E-state index contributed by atoms with van der Waals surface area (Å²) in [5, 5.41) is 14.4. The largest absolute Gasteiger partial charge is 0.388 e. The number of hydrogen-bond donors (Lipinski definition) is 1. The van der Waals surface area contributed by atoms with Crippen molar-refractivity contribution < 1.29 is 13.9 Å². The van der Waals surface area contributed by atoms with Crippen molar-refractivity contribution in [2.75, 3.05) is 0 Å². The normalized spacial score (nSPS) is 12.7. The molecule has 0 saturated heterocycles. The van der Waals surface area contributed by atoms with Crippen LogP contribution in [0, 0.1) is 11.6 Å². The number of aryl methyl sites for hydroxylation is 2. The Bertz CT molecular complexity index is 581. The third-order valence-electron chi connectivity index (χ3n) is 3.08. The van der Waals surface area contributed by atoms with E-state index in [1.807, 2.05) is 6.92 Å². The third kappa shape index (κ3) is 2.81. The Hall–Kier alpha value is -1.75. The van der Waals surface area contributed by atoms with Crippen molar-refractivity contribution in [3.8, 4) is 0 Å². The predicted octanol–water partition coefficient (Wildman–Crippen LogP) is 2.54. The molecule has 1 unspecified atom stereocenters. The van der Waals surface area contributed by atoms with Gasteiger partial charge < -0.3 is 5.11 Å². The molecule has 0 saturated carbocycles. The summed E-state index contributed by atoms with van der Waals surface area (Å²) in [4.78, 5) is 0. The molecule has 1 heterocycles. The highest BCUT2D eigenvalue weighted by Crippen LogP contribution is 2.23. The summed E-state index contributed by atoms with van der Waals surface area (Å²) in [7, 11) is 1.76. The Balaban J connectivity index is 2.25. The molecular formula is C14H16F2N2O. The lowest BCUT2D eigenvalue weighted by atomic mass is 10.0. The van der Waals surface area contributed by atoms with Gasteiger partial charge in [0, 0.05) is 25.2 Å². The van der Waals surface area contributed by atoms with Gasteiger partial charge in [-0.25, -0.2) is 8.78 Å². The lowest BCUT2D eigenvalue weighted by Crippen LogP contribution is -2.06. The van der Waals surface area contributed by atoms with Crippen molar-refractivity contribution in [2.45, 2.75) is 25.9 Å². The first-order valence-electron chi connectivity index (χ1n) is 6.16. The maximum absolute atomic E-state index is 13.6. The molecule has 0 bridgehead atoms. The lowest BCUT2D eigenvalue weighted by molar-refractivity contribution is 0.175. The van der Waals surface area contributed by atoms with Crippen LogP contribution in [-0.4, -0.2) is 14.9 Å². The fourth-order valence-electron chi connectivity index (χ4n) is 2.13. The van der Waals surface area contributed by atoms with Crippen molar-refractivity contribution >= 4 is 0 Å². The second-order valence-corrected chi connectivity index (χ2v) is 4.49. The monoisotopic (exact) mass is 266 g/mol. The summed E-state index contributed by atoms with van der Waals surface area (Å²) in [5.41, 5.74) is 1.60. The minimum atomic E-state index is -0.900. The molecule has 0 amide bonds. The topological polar surface area (TPSA) is 38.0 Å². The SMILES string of the molecule is CCc1nn(C)cc1C(O)Cc1cccc(F)c1F. The summed E-state index contributed by atoms with van der Waals surface area (Å²) in [6.07, 6.45) is 1.53. The Kier molecular flexibility index (Phi) is 3.95. The van der Waals surface area contributed by atoms with E-state index in [0.29, 0.717) is 12.0 Å². The van der Waals surface area contributed by atoms with E-state index in [4.69, 9.17) is 0 Å². The average Bonchev–Trinajstić information content (AvgIpc) is 2.76. The minimum absolute atomic E-state index is 0.0300. The van der Waals surface area contributed by atoms with Gasteiger partial charge in [0.2, 0.25) is 0 Å². The summed E-state index contributed by atoms with van der Waals surface area (Å²) in [5.74, 6) is -1.80. The first-order valence-corrected chi connectivity index (χ1v) is 6.16. The van der Waals surface area contributed by atoms with E-state index in [-0.39, 0.29) is 12.0 Å². The minimum Gasteiger partial charge on any atom is -0.388 e. The van der Waals surface area contributed by atoms with Crippen molar-refractivity contribution in [3.63, 3.8) is 0 Å². The molecule has 5 heteroatoms. The van der Waals surface area contributed by atoms with Gasteiger partial charge in [-0.1, -0.05) is 19.1 Å². The molecule has 2 aromatic rings. The second-order valence-electron chi connectivity index (χ2n) is 4.49. The van der Waals surface area contributed by atoms with Crippen LogP contribution in [0.4, 0.5) is 8.78 Å².